The second-order valence-electron chi connectivity index (χ2n) is 8.19. The van der Waals surface area contributed by atoms with Gasteiger partial charge in [-0.1, -0.05) is 19.3 Å². The monoisotopic (exact) mass is 326 g/mol. The molecular formula is C18H34N2O3. The average molecular weight is 326 g/mol. The van der Waals surface area contributed by atoms with Crippen LogP contribution in [0.1, 0.15) is 78.6 Å². The number of alkyl carbamates (subject to hydrolysis) is 1. The largest absolute Gasteiger partial charge is 0.444 e. The zero-order valence-electron chi connectivity index (χ0n) is 14.9. The Kier molecular flexibility index (Phi) is 6.72. The van der Waals surface area contributed by atoms with Crippen LogP contribution < -0.4 is 10.6 Å². The van der Waals surface area contributed by atoms with Gasteiger partial charge >= 0.3 is 6.09 Å². The molecule has 4 atom stereocenters. The van der Waals surface area contributed by atoms with Crippen LogP contribution in [0.25, 0.3) is 0 Å². The van der Waals surface area contributed by atoms with E-state index in [-0.39, 0.29) is 24.3 Å². The summed E-state index contributed by atoms with van der Waals surface area (Å²) < 4.78 is 5.35. The number of rotatable bonds is 3. The summed E-state index contributed by atoms with van der Waals surface area (Å²) in [7, 11) is 0. The van der Waals surface area contributed by atoms with Crippen molar-refractivity contribution in [3.05, 3.63) is 0 Å². The lowest BCUT2D eigenvalue weighted by molar-refractivity contribution is 0.0482. The highest BCUT2D eigenvalue weighted by molar-refractivity contribution is 5.68. The van der Waals surface area contributed by atoms with E-state index in [4.69, 9.17) is 4.74 Å². The van der Waals surface area contributed by atoms with E-state index < -0.39 is 5.60 Å². The second-order valence-corrected chi connectivity index (χ2v) is 8.19. The lowest BCUT2D eigenvalue weighted by Gasteiger charge is -2.34. The minimum absolute atomic E-state index is 0.166. The highest BCUT2D eigenvalue weighted by atomic mass is 16.6. The second kappa shape index (κ2) is 8.34. The minimum Gasteiger partial charge on any atom is -0.444 e. The number of carbonyl (C=O) groups excluding carboxylic acids is 1. The Labute approximate surface area is 140 Å². The third-order valence-corrected chi connectivity index (χ3v) is 4.82. The maximum atomic E-state index is 11.9. The predicted octanol–water partition coefficient (Wildman–Crippen LogP) is 3.11. The number of nitrogens with one attached hydrogen (secondary N) is 2. The molecule has 2 fully saturated rings. The number of aliphatic hydroxyl groups excluding tert-OH is 1. The van der Waals surface area contributed by atoms with Crippen molar-refractivity contribution in [2.75, 3.05) is 0 Å². The maximum absolute atomic E-state index is 11.9. The van der Waals surface area contributed by atoms with E-state index in [1.165, 1.54) is 12.8 Å². The van der Waals surface area contributed by atoms with Crippen LogP contribution in [0.5, 0.6) is 0 Å². The van der Waals surface area contributed by atoms with Gasteiger partial charge in [-0.05, 0) is 59.3 Å². The Morgan fingerprint density at radius 3 is 2.43 bits per heavy atom. The summed E-state index contributed by atoms with van der Waals surface area (Å²) in [6.45, 7) is 5.64. The average Bonchev–Trinajstić information content (AvgIpc) is 2.62. The smallest absolute Gasteiger partial charge is 0.407 e. The van der Waals surface area contributed by atoms with Gasteiger partial charge in [0.1, 0.15) is 5.60 Å². The Morgan fingerprint density at radius 1 is 1.00 bits per heavy atom. The quantitative estimate of drug-likeness (QED) is 0.697. The Hall–Kier alpha value is -0.810. The van der Waals surface area contributed by atoms with Crippen molar-refractivity contribution in [3.63, 3.8) is 0 Å². The van der Waals surface area contributed by atoms with Crippen LogP contribution in [0.4, 0.5) is 4.79 Å². The molecule has 5 nitrogen and oxygen atoms in total. The number of carbonyl (C=O) groups is 1. The van der Waals surface area contributed by atoms with E-state index in [9.17, 15) is 9.90 Å². The van der Waals surface area contributed by atoms with Crippen molar-refractivity contribution in [3.8, 4) is 0 Å². The molecule has 1 amide bonds. The lowest BCUT2D eigenvalue weighted by atomic mass is 9.89. The first-order valence-electron chi connectivity index (χ1n) is 9.27. The van der Waals surface area contributed by atoms with Crippen molar-refractivity contribution < 1.29 is 14.6 Å². The highest BCUT2D eigenvalue weighted by Gasteiger charge is 2.29. The molecule has 0 saturated heterocycles. The Balaban J connectivity index is 1.79. The van der Waals surface area contributed by atoms with E-state index in [1.54, 1.807) is 0 Å². The number of aliphatic hydroxyl groups is 1. The van der Waals surface area contributed by atoms with Crippen molar-refractivity contribution in [1.29, 1.82) is 0 Å². The molecule has 134 valence electrons. The SMILES string of the molecule is CC(C)(C)OC(=O)NC1CCCC(NC2CCCCCC2O)C1. The van der Waals surface area contributed by atoms with Crippen LogP contribution >= 0.6 is 0 Å². The topological polar surface area (TPSA) is 70.6 Å². The number of ether oxygens (including phenoxy) is 1. The highest BCUT2D eigenvalue weighted by Crippen LogP contribution is 2.23. The first-order valence-corrected chi connectivity index (χ1v) is 9.27. The first kappa shape index (κ1) is 18.5. The molecule has 2 rings (SSSR count). The molecule has 0 spiro atoms. The Morgan fingerprint density at radius 2 is 1.70 bits per heavy atom. The summed E-state index contributed by atoms with van der Waals surface area (Å²) in [5.74, 6) is 0. The molecule has 0 bridgehead atoms. The van der Waals surface area contributed by atoms with Crippen molar-refractivity contribution in [2.24, 2.45) is 0 Å². The molecular weight excluding hydrogens is 292 g/mol. The van der Waals surface area contributed by atoms with Gasteiger partial charge in [-0.3, -0.25) is 0 Å². The summed E-state index contributed by atoms with van der Waals surface area (Å²) >= 11 is 0. The van der Waals surface area contributed by atoms with Crippen LogP contribution in [-0.4, -0.2) is 41.0 Å². The fourth-order valence-corrected chi connectivity index (χ4v) is 3.73. The normalized spacial score (nSPS) is 32.9. The van der Waals surface area contributed by atoms with Crippen LogP contribution in [0.3, 0.4) is 0 Å². The van der Waals surface area contributed by atoms with Gasteiger partial charge in [0.25, 0.3) is 0 Å². The molecule has 4 unspecified atom stereocenters. The summed E-state index contributed by atoms with van der Waals surface area (Å²) in [5.41, 5.74) is -0.457. The molecule has 23 heavy (non-hydrogen) atoms. The number of hydrogen-bond donors (Lipinski definition) is 3. The molecule has 0 aliphatic heterocycles. The molecule has 3 N–H and O–H groups in total. The zero-order chi connectivity index (χ0) is 16.9. The van der Waals surface area contributed by atoms with Crippen LogP contribution in [0.15, 0.2) is 0 Å². The van der Waals surface area contributed by atoms with Gasteiger partial charge in [0, 0.05) is 18.1 Å². The lowest BCUT2D eigenvalue weighted by Crippen LogP contribution is -2.50. The molecule has 2 saturated carbocycles. The van der Waals surface area contributed by atoms with E-state index in [0.717, 1.165) is 44.9 Å². The minimum atomic E-state index is -0.457. The van der Waals surface area contributed by atoms with Gasteiger partial charge in [-0.25, -0.2) is 4.79 Å². The summed E-state index contributed by atoms with van der Waals surface area (Å²) in [5, 5.41) is 16.9. The number of amides is 1. The number of hydrogen-bond acceptors (Lipinski definition) is 4. The van der Waals surface area contributed by atoms with E-state index in [1.807, 2.05) is 20.8 Å². The molecule has 5 heteroatoms. The Bertz CT molecular complexity index is 381. The summed E-state index contributed by atoms with van der Waals surface area (Å²) in [6, 6.07) is 0.753. The molecule has 0 radical (unpaired) electrons. The fourth-order valence-electron chi connectivity index (χ4n) is 3.73. The molecule has 0 aromatic rings. The van der Waals surface area contributed by atoms with Crippen molar-refractivity contribution in [1.82, 2.24) is 10.6 Å². The fraction of sp³-hybridized carbons (Fsp3) is 0.944. The van der Waals surface area contributed by atoms with Gasteiger partial charge in [0.05, 0.1) is 6.10 Å². The van der Waals surface area contributed by atoms with Gasteiger partial charge in [0.15, 0.2) is 0 Å². The van der Waals surface area contributed by atoms with Crippen molar-refractivity contribution >= 4 is 6.09 Å². The van der Waals surface area contributed by atoms with Gasteiger partial charge in [-0.2, -0.15) is 0 Å². The van der Waals surface area contributed by atoms with E-state index >= 15 is 0 Å². The van der Waals surface area contributed by atoms with E-state index in [0.29, 0.717) is 6.04 Å². The van der Waals surface area contributed by atoms with Gasteiger partial charge in [-0.15, -0.1) is 0 Å². The third-order valence-electron chi connectivity index (χ3n) is 4.82. The van der Waals surface area contributed by atoms with Crippen LogP contribution in [0.2, 0.25) is 0 Å². The van der Waals surface area contributed by atoms with Gasteiger partial charge in [0.2, 0.25) is 0 Å². The maximum Gasteiger partial charge on any atom is 0.407 e. The molecule has 2 aliphatic rings. The molecule has 0 heterocycles. The zero-order valence-corrected chi connectivity index (χ0v) is 14.9. The molecule has 2 aliphatic carbocycles. The third kappa shape index (κ3) is 6.68. The van der Waals surface area contributed by atoms with Crippen molar-refractivity contribution in [2.45, 2.75) is 108 Å². The van der Waals surface area contributed by atoms with Gasteiger partial charge < -0.3 is 20.5 Å². The summed E-state index contributed by atoms with van der Waals surface area (Å²) in [6.07, 6.45) is 9.11. The van der Waals surface area contributed by atoms with Crippen LogP contribution in [0, 0.1) is 0 Å². The standard InChI is InChI=1S/C18H34N2O3/c1-18(2,3)23-17(22)20-14-9-7-8-13(12-14)19-15-10-5-4-6-11-16(15)21/h13-16,19,21H,4-12H2,1-3H3,(H,20,22). The molecule has 0 aromatic heterocycles. The predicted molar refractivity (Wildman–Crippen MR) is 91.4 cm³/mol. The summed E-state index contributed by atoms with van der Waals surface area (Å²) in [4.78, 5) is 11.9. The molecule has 0 aromatic carbocycles. The van der Waals surface area contributed by atoms with E-state index in [2.05, 4.69) is 10.6 Å². The van der Waals surface area contributed by atoms with Crippen LogP contribution in [-0.2, 0) is 4.74 Å². The first-order chi connectivity index (χ1) is 10.8.